The van der Waals surface area contributed by atoms with Crippen molar-refractivity contribution in [3.05, 3.63) is 0 Å². The summed E-state index contributed by atoms with van der Waals surface area (Å²) in [5, 5.41) is 66.8. The first-order chi connectivity index (χ1) is 18.8. The van der Waals surface area contributed by atoms with Gasteiger partial charge >= 0.3 is 0 Å². The van der Waals surface area contributed by atoms with Crippen LogP contribution >= 0.6 is 21.2 Å². The van der Waals surface area contributed by atoms with Gasteiger partial charge in [-0.15, -0.1) is 0 Å². The second kappa shape index (κ2) is 23.9. The summed E-state index contributed by atoms with van der Waals surface area (Å²) < 4.78 is 2.59. The first-order valence-corrected chi connectivity index (χ1v) is 29.9. The van der Waals surface area contributed by atoms with Crippen molar-refractivity contribution in [1.29, 1.82) is 0 Å². The lowest BCUT2D eigenvalue weighted by atomic mass is 9.88. The standard InChI is InChI=1S/C8H18.C7H14O4.C5H10O5.2CH4.IS12/c1-6(2)8(5)7(3)4;8-3-5-1-2-7(11,4-9)6(5)10;6-1-2-3(7)4(8)5(9)10-2;;;1-11(4,5)13(8,9)12(6,7)10(2)3/h6-8H,1-5H3;5-6,8-11H,1-4H2;2-9H,1H2;2*1H4;/q;;;;;-1/t;5-,6-,7+;2-,3-,4+,5?;;;/m.11.../s1. The van der Waals surface area contributed by atoms with Gasteiger partial charge in [-0.2, -0.15) is 0 Å². The minimum Gasteiger partial charge on any atom is -0.396 e. The molecule has 0 radical (unpaired) electrons. The number of rotatable bonds is 8. The van der Waals surface area contributed by atoms with Crippen LogP contribution < -0.4 is 0 Å². The van der Waals surface area contributed by atoms with Crippen LogP contribution in [0.5, 0.6) is 0 Å². The van der Waals surface area contributed by atoms with Crippen LogP contribution in [0, 0.1) is 23.7 Å². The molecule has 0 spiro atoms. The summed E-state index contributed by atoms with van der Waals surface area (Å²) in [6.45, 7) is 10.5. The Labute approximate surface area is 315 Å². The third-order valence-electron chi connectivity index (χ3n) is 6.73. The summed E-state index contributed by atoms with van der Waals surface area (Å²) in [7, 11) is -0.951. The fraction of sp³-hybridized carbons (Fsp3) is 1.00. The molecule has 1 heterocycles. The van der Waals surface area contributed by atoms with E-state index in [-0.39, 0.29) is 27.4 Å². The summed E-state index contributed by atoms with van der Waals surface area (Å²) in [5.74, 6) is 2.27. The zero-order chi connectivity index (χ0) is 34.0. The fourth-order valence-electron chi connectivity index (χ4n) is 3.36. The van der Waals surface area contributed by atoms with Crippen molar-refractivity contribution in [1.82, 2.24) is 0 Å². The Bertz CT molecular complexity index is 1190. The molecular weight excluding hydrogens is 920 g/mol. The SMILES string of the molecule is C.C.CC(C)C(C)C(C)C.OC[C@H]1CC[C@](O)(CO)[C@@H]1O.OC[C@H]1OC(O)[C@@H](O)[C@@H]1O.S=[S-](=S)S(=S)(=S)S(=S)(=S)S(=S)(=S)I. The van der Waals surface area contributed by atoms with E-state index in [0.29, 0.717) is 12.8 Å². The quantitative estimate of drug-likeness (QED) is 0.0749. The predicted molar refractivity (Wildman–Crippen MR) is 223 cm³/mol. The average molecular weight is 970 g/mol. The molecular formula is C22H50IO9S12-. The number of aliphatic hydroxyl groups is 8. The van der Waals surface area contributed by atoms with E-state index < -0.39 is 70.3 Å². The van der Waals surface area contributed by atoms with E-state index in [1.165, 1.54) is 0 Å². The van der Waals surface area contributed by atoms with E-state index in [0.717, 1.165) is 17.8 Å². The smallest absolute Gasteiger partial charge is 0.184 e. The number of halogens is 1. The average Bonchev–Trinajstić information content (AvgIpc) is 3.32. The lowest BCUT2D eigenvalue weighted by Crippen LogP contribution is -2.44. The Hall–Kier alpha value is 3.53. The second-order valence-corrected chi connectivity index (χ2v) is 53.2. The molecule has 272 valence electrons. The molecule has 2 rings (SSSR count). The molecule has 0 aromatic carbocycles. The van der Waals surface area contributed by atoms with Crippen LogP contribution in [0.15, 0.2) is 0 Å². The highest BCUT2D eigenvalue weighted by molar-refractivity contribution is 14.2. The van der Waals surface area contributed by atoms with Gasteiger partial charge in [-0.3, -0.25) is 7.05 Å². The van der Waals surface area contributed by atoms with Gasteiger partial charge in [0.1, 0.15) is 23.9 Å². The molecule has 0 bridgehead atoms. The molecule has 22 heteroatoms. The third kappa shape index (κ3) is 16.3. The minimum absolute atomic E-state index is 0. The van der Waals surface area contributed by atoms with Crippen LogP contribution in [-0.4, -0.2) is 97.0 Å². The summed E-state index contributed by atoms with van der Waals surface area (Å²) in [5.41, 5.74) is -1.38. The van der Waals surface area contributed by atoms with Crippen molar-refractivity contribution < 1.29 is 45.6 Å². The zero-order valence-electron chi connectivity index (χ0n) is 23.5. The molecule has 1 aliphatic heterocycles. The molecule has 1 unspecified atom stereocenters. The van der Waals surface area contributed by atoms with Crippen molar-refractivity contribution >= 4 is 132 Å². The molecule has 2 aliphatic rings. The van der Waals surface area contributed by atoms with E-state index in [4.69, 9.17) is 120 Å². The molecule has 2 fully saturated rings. The second-order valence-electron chi connectivity index (χ2n) is 10.2. The van der Waals surface area contributed by atoms with Gasteiger partial charge in [0, 0.05) is 42.3 Å². The molecule has 0 aromatic heterocycles. The maximum atomic E-state index is 9.46. The topological polar surface area (TPSA) is 171 Å². The third-order valence-corrected chi connectivity index (χ3v) is 67.3. The highest BCUT2D eigenvalue weighted by Crippen LogP contribution is 2.34. The van der Waals surface area contributed by atoms with Gasteiger partial charge in [-0.05, 0) is 75.3 Å². The molecule has 0 aromatic rings. The van der Waals surface area contributed by atoms with Crippen molar-refractivity contribution in [2.75, 3.05) is 19.8 Å². The highest BCUT2D eigenvalue weighted by Gasteiger charge is 2.45. The van der Waals surface area contributed by atoms with E-state index in [9.17, 15) is 10.2 Å². The highest BCUT2D eigenvalue weighted by atomic mass is 127. The van der Waals surface area contributed by atoms with Crippen LogP contribution in [0.1, 0.15) is 62.3 Å². The number of hydrogen-bond donors (Lipinski definition) is 8. The Morgan fingerprint density at radius 1 is 0.841 bits per heavy atom. The van der Waals surface area contributed by atoms with Gasteiger partial charge in [0.05, 0.1) is 19.3 Å². The van der Waals surface area contributed by atoms with Gasteiger partial charge in [0.25, 0.3) is 0 Å². The Kier molecular flexibility index (Phi) is 29.5. The summed E-state index contributed by atoms with van der Waals surface area (Å²) >= 11 is 42.7. The van der Waals surface area contributed by atoms with Crippen LogP contribution in [0.4, 0.5) is 0 Å². The number of hydrogen-bond acceptors (Lipinski definition) is 18. The molecule has 1 saturated heterocycles. The van der Waals surface area contributed by atoms with E-state index in [1.54, 1.807) is 0 Å². The van der Waals surface area contributed by atoms with Gasteiger partial charge in [-0.1, -0.05) is 77.1 Å². The van der Waals surface area contributed by atoms with E-state index >= 15 is 0 Å². The molecule has 1 aliphatic carbocycles. The molecule has 9 nitrogen and oxygen atoms in total. The molecule has 44 heavy (non-hydrogen) atoms. The lowest BCUT2D eigenvalue weighted by Gasteiger charge is -2.25. The fourth-order valence-corrected chi connectivity index (χ4v) is 53.4. The van der Waals surface area contributed by atoms with Gasteiger partial charge in [0.15, 0.2) is 6.29 Å². The first-order valence-electron chi connectivity index (χ1n) is 12.3. The van der Waals surface area contributed by atoms with Crippen molar-refractivity contribution in [2.24, 2.45) is 23.7 Å². The molecule has 7 atom stereocenters. The van der Waals surface area contributed by atoms with E-state index in [2.05, 4.69) is 39.4 Å². The van der Waals surface area contributed by atoms with Crippen molar-refractivity contribution in [3.63, 3.8) is 0 Å². The molecule has 0 amide bonds. The van der Waals surface area contributed by atoms with Gasteiger partial charge < -0.3 is 45.6 Å². The number of aliphatic hydroxyl groups excluding tert-OH is 7. The lowest BCUT2D eigenvalue weighted by molar-refractivity contribution is -0.132. The largest absolute Gasteiger partial charge is 0.396 e. The van der Waals surface area contributed by atoms with Crippen LogP contribution in [0.2, 0.25) is 0 Å². The van der Waals surface area contributed by atoms with Crippen LogP contribution in [0.3, 0.4) is 0 Å². The van der Waals surface area contributed by atoms with Crippen molar-refractivity contribution in [3.8, 4) is 0 Å². The maximum Gasteiger partial charge on any atom is 0.184 e. The normalized spacial score (nSPS) is 28.6. The van der Waals surface area contributed by atoms with Crippen LogP contribution in [-0.2, 0) is 115 Å². The minimum atomic E-state index is -2.19. The van der Waals surface area contributed by atoms with Crippen molar-refractivity contribution in [2.45, 2.75) is 98.6 Å². The zero-order valence-corrected chi connectivity index (χ0v) is 35.5. The molecule has 8 N–H and O–H groups in total. The molecule has 1 saturated carbocycles. The summed E-state index contributed by atoms with van der Waals surface area (Å²) in [6, 6.07) is 0. The monoisotopic (exact) mass is 969 g/mol. The Morgan fingerprint density at radius 3 is 1.41 bits per heavy atom. The van der Waals surface area contributed by atoms with E-state index in [1.807, 2.05) is 21.2 Å². The Balaban J connectivity index is -0.000000242. The maximum absolute atomic E-state index is 9.46. The first kappa shape index (κ1) is 54.3. The van der Waals surface area contributed by atoms with Gasteiger partial charge in [0.2, 0.25) is 0 Å². The Morgan fingerprint density at radius 2 is 1.27 bits per heavy atom. The summed E-state index contributed by atoms with van der Waals surface area (Å²) in [4.78, 5) is 0. The summed E-state index contributed by atoms with van der Waals surface area (Å²) in [6.07, 6.45) is -4.82. The predicted octanol–water partition coefficient (Wildman–Crippen LogP) is 0.954. The van der Waals surface area contributed by atoms with Gasteiger partial charge in [-0.25, -0.2) is 22.4 Å². The van der Waals surface area contributed by atoms with Crippen LogP contribution in [0.25, 0.3) is 0 Å². The number of ether oxygens (including phenoxy) is 1.